The third kappa shape index (κ3) is 4.14. The third-order valence-corrected chi connectivity index (χ3v) is 3.32. The molecule has 0 aliphatic heterocycles. The number of likely N-dealkylation sites (N-methyl/N-ethyl adjacent to an activating group) is 1. The van der Waals surface area contributed by atoms with Crippen LogP contribution in [0.4, 0.5) is 0 Å². The van der Waals surface area contributed by atoms with Gasteiger partial charge in [0.1, 0.15) is 5.84 Å². The summed E-state index contributed by atoms with van der Waals surface area (Å²) in [6, 6.07) is 5.99. The highest BCUT2D eigenvalue weighted by atomic mass is 79.9. The molecule has 16 heavy (non-hydrogen) atoms. The highest BCUT2D eigenvalue weighted by Crippen LogP contribution is 2.23. The highest BCUT2D eigenvalue weighted by molar-refractivity contribution is 9.10. The topological polar surface area (TPSA) is 24.4 Å². The number of amidine groups is 1. The molecule has 0 saturated carbocycles. The molecule has 0 radical (unpaired) electrons. The van der Waals surface area contributed by atoms with E-state index in [2.05, 4.69) is 39.2 Å². The Hall–Kier alpha value is -0.540. The molecule has 1 aromatic carbocycles. The molecular weight excluding hydrogens is 288 g/mol. The van der Waals surface area contributed by atoms with E-state index in [1.807, 2.05) is 19.1 Å². The molecule has 1 rings (SSSR count). The summed E-state index contributed by atoms with van der Waals surface area (Å²) in [7, 11) is 0. The molecule has 88 valence electrons. The second-order valence-electron chi connectivity index (χ2n) is 3.38. The first-order chi connectivity index (χ1) is 7.67. The molecule has 4 heteroatoms. The third-order valence-electron chi connectivity index (χ3n) is 2.09. The number of halogens is 2. The van der Waals surface area contributed by atoms with Gasteiger partial charge >= 0.3 is 0 Å². The standard InChI is InChI=1S/C12H16BrClN2/c1-3-15-12(16-4-2)8-9-5-6-10(13)11(14)7-9/h5-7H,3-4,8H2,1-2H3,(H,15,16). The van der Waals surface area contributed by atoms with Gasteiger partial charge in [0.15, 0.2) is 0 Å². The zero-order valence-electron chi connectivity index (χ0n) is 9.56. The summed E-state index contributed by atoms with van der Waals surface area (Å²) in [4.78, 5) is 4.41. The predicted molar refractivity (Wildman–Crippen MR) is 74.5 cm³/mol. The van der Waals surface area contributed by atoms with Crippen LogP contribution in [0.5, 0.6) is 0 Å². The Labute approximate surface area is 110 Å². The molecule has 0 heterocycles. The van der Waals surface area contributed by atoms with Gasteiger partial charge in [0.05, 0.1) is 5.02 Å². The molecule has 0 amide bonds. The molecule has 0 atom stereocenters. The van der Waals surface area contributed by atoms with Gasteiger partial charge in [-0.3, -0.25) is 4.99 Å². The van der Waals surface area contributed by atoms with E-state index in [1.165, 1.54) is 5.56 Å². The molecule has 0 spiro atoms. The van der Waals surface area contributed by atoms with Gasteiger partial charge in [0.2, 0.25) is 0 Å². The van der Waals surface area contributed by atoms with Crippen molar-refractivity contribution in [1.29, 1.82) is 0 Å². The average molecular weight is 304 g/mol. The van der Waals surface area contributed by atoms with Gasteiger partial charge in [-0.05, 0) is 47.5 Å². The van der Waals surface area contributed by atoms with Gasteiger partial charge in [-0.2, -0.15) is 0 Å². The van der Waals surface area contributed by atoms with Gasteiger partial charge in [0, 0.05) is 24.0 Å². The van der Waals surface area contributed by atoms with Crippen molar-refractivity contribution in [2.45, 2.75) is 20.3 Å². The van der Waals surface area contributed by atoms with E-state index in [-0.39, 0.29) is 0 Å². The van der Waals surface area contributed by atoms with Crippen LogP contribution >= 0.6 is 27.5 Å². The summed E-state index contributed by atoms with van der Waals surface area (Å²) < 4.78 is 0.926. The van der Waals surface area contributed by atoms with Crippen molar-refractivity contribution in [2.75, 3.05) is 13.1 Å². The zero-order chi connectivity index (χ0) is 12.0. The van der Waals surface area contributed by atoms with Crippen molar-refractivity contribution in [3.63, 3.8) is 0 Å². The quantitative estimate of drug-likeness (QED) is 0.666. The minimum Gasteiger partial charge on any atom is -0.374 e. The Morgan fingerprint density at radius 2 is 2.19 bits per heavy atom. The Morgan fingerprint density at radius 1 is 1.44 bits per heavy atom. The van der Waals surface area contributed by atoms with Gasteiger partial charge in [-0.15, -0.1) is 0 Å². The van der Waals surface area contributed by atoms with Gasteiger partial charge in [-0.25, -0.2) is 0 Å². The lowest BCUT2D eigenvalue weighted by atomic mass is 10.1. The van der Waals surface area contributed by atoms with Crippen LogP contribution in [0.1, 0.15) is 19.4 Å². The first kappa shape index (κ1) is 13.5. The highest BCUT2D eigenvalue weighted by Gasteiger charge is 2.02. The Morgan fingerprint density at radius 3 is 2.75 bits per heavy atom. The Bertz CT molecular complexity index is 377. The van der Waals surface area contributed by atoms with E-state index in [1.54, 1.807) is 0 Å². The maximum absolute atomic E-state index is 6.04. The summed E-state index contributed by atoms with van der Waals surface area (Å²) in [6.45, 7) is 5.79. The van der Waals surface area contributed by atoms with Crippen LogP contribution < -0.4 is 5.32 Å². The lowest BCUT2D eigenvalue weighted by Gasteiger charge is -2.08. The van der Waals surface area contributed by atoms with Crippen molar-refractivity contribution in [2.24, 2.45) is 4.99 Å². The number of hydrogen-bond donors (Lipinski definition) is 1. The van der Waals surface area contributed by atoms with Gasteiger partial charge in [0.25, 0.3) is 0 Å². The van der Waals surface area contributed by atoms with Crippen molar-refractivity contribution in [3.05, 3.63) is 33.3 Å². The monoisotopic (exact) mass is 302 g/mol. The molecule has 1 aromatic rings. The Kier molecular flexibility index (Phi) is 5.85. The predicted octanol–water partition coefficient (Wildman–Crippen LogP) is 3.67. The summed E-state index contributed by atoms with van der Waals surface area (Å²) in [5.41, 5.74) is 1.17. The second kappa shape index (κ2) is 6.92. The van der Waals surface area contributed by atoms with Crippen LogP contribution in [0.3, 0.4) is 0 Å². The number of nitrogens with zero attached hydrogens (tertiary/aromatic N) is 1. The van der Waals surface area contributed by atoms with E-state index in [0.717, 1.165) is 34.8 Å². The molecule has 0 aliphatic rings. The normalized spacial score (nSPS) is 11.6. The van der Waals surface area contributed by atoms with E-state index >= 15 is 0 Å². The van der Waals surface area contributed by atoms with E-state index in [4.69, 9.17) is 11.6 Å². The van der Waals surface area contributed by atoms with Gasteiger partial charge in [-0.1, -0.05) is 17.7 Å². The lowest BCUT2D eigenvalue weighted by molar-refractivity contribution is 0.922. The van der Waals surface area contributed by atoms with E-state index in [9.17, 15) is 0 Å². The maximum Gasteiger partial charge on any atom is 0.101 e. The molecule has 2 nitrogen and oxygen atoms in total. The Balaban J connectivity index is 2.77. The van der Waals surface area contributed by atoms with Crippen LogP contribution in [0.2, 0.25) is 5.02 Å². The van der Waals surface area contributed by atoms with E-state index in [0.29, 0.717) is 0 Å². The van der Waals surface area contributed by atoms with Crippen LogP contribution in [-0.2, 0) is 6.42 Å². The fourth-order valence-corrected chi connectivity index (χ4v) is 1.86. The molecule has 0 aliphatic carbocycles. The van der Waals surface area contributed by atoms with Crippen molar-refractivity contribution >= 4 is 33.4 Å². The average Bonchev–Trinajstić information content (AvgIpc) is 2.24. The summed E-state index contributed by atoms with van der Waals surface area (Å²) >= 11 is 9.42. The molecular formula is C12H16BrClN2. The van der Waals surface area contributed by atoms with Crippen molar-refractivity contribution < 1.29 is 0 Å². The van der Waals surface area contributed by atoms with Crippen LogP contribution in [-0.4, -0.2) is 18.9 Å². The molecule has 0 bridgehead atoms. The zero-order valence-corrected chi connectivity index (χ0v) is 11.9. The van der Waals surface area contributed by atoms with Crippen molar-refractivity contribution in [3.8, 4) is 0 Å². The summed E-state index contributed by atoms with van der Waals surface area (Å²) in [6.07, 6.45) is 0.800. The van der Waals surface area contributed by atoms with Crippen LogP contribution in [0.25, 0.3) is 0 Å². The first-order valence-electron chi connectivity index (χ1n) is 5.38. The molecule has 0 saturated heterocycles. The summed E-state index contributed by atoms with van der Waals surface area (Å²) in [5, 5.41) is 4.00. The van der Waals surface area contributed by atoms with Gasteiger partial charge < -0.3 is 5.32 Å². The number of rotatable bonds is 4. The number of nitrogens with one attached hydrogen (secondary N) is 1. The number of hydrogen-bond acceptors (Lipinski definition) is 1. The molecule has 0 unspecified atom stereocenters. The number of benzene rings is 1. The number of aliphatic imine (C=N–C) groups is 1. The molecule has 0 aromatic heterocycles. The minimum atomic E-state index is 0.741. The fraction of sp³-hybridized carbons (Fsp3) is 0.417. The molecule has 1 N–H and O–H groups in total. The van der Waals surface area contributed by atoms with E-state index < -0.39 is 0 Å². The molecule has 0 fully saturated rings. The summed E-state index contributed by atoms with van der Waals surface area (Å²) in [5.74, 6) is 1.02. The minimum absolute atomic E-state index is 0.741. The first-order valence-corrected chi connectivity index (χ1v) is 6.55. The SMILES string of the molecule is CCN=C(Cc1ccc(Br)c(Cl)c1)NCC. The smallest absolute Gasteiger partial charge is 0.101 e. The van der Waals surface area contributed by atoms with Crippen LogP contribution in [0, 0.1) is 0 Å². The van der Waals surface area contributed by atoms with Crippen molar-refractivity contribution in [1.82, 2.24) is 5.32 Å². The largest absolute Gasteiger partial charge is 0.374 e. The lowest BCUT2D eigenvalue weighted by Crippen LogP contribution is -2.25. The second-order valence-corrected chi connectivity index (χ2v) is 4.64. The maximum atomic E-state index is 6.04. The fourth-order valence-electron chi connectivity index (χ4n) is 1.41. The van der Waals surface area contributed by atoms with Crippen LogP contribution in [0.15, 0.2) is 27.7 Å².